The standard InChI is InChI=1S/C14H27NO3/c1-13(2,3)18-12(16)15-9-6-14(4,7-10-15)8-11-17-5/h6-11H2,1-5H3. The SMILES string of the molecule is COCCC1(C)CCN(C(=O)OC(C)(C)C)CC1. The minimum Gasteiger partial charge on any atom is -0.444 e. The van der Waals surface area contributed by atoms with Crippen LogP contribution in [-0.2, 0) is 9.47 Å². The van der Waals surface area contributed by atoms with Crippen LogP contribution in [0.4, 0.5) is 4.79 Å². The number of carbonyl (C=O) groups is 1. The Hall–Kier alpha value is -0.770. The number of nitrogens with zero attached hydrogens (tertiary/aromatic N) is 1. The molecule has 0 aliphatic carbocycles. The molecule has 0 bridgehead atoms. The number of methoxy groups -OCH3 is 1. The summed E-state index contributed by atoms with van der Waals surface area (Å²) in [6.07, 6.45) is 2.92. The highest BCUT2D eigenvalue weighted by molar-refractivity contribution is 5.68. The Morgan fingerprint density at radius 2 is 1.83 bits per heavy atom. The van der Waals surface area contributed by atoms with Crippen molar-refractivity contribution in [2.24, 2.45) is 5.41 Å². The molecule has 0 spiro atoms. The second-order valence-corrected chi connectivity index (χ2v) is 6.52. The smallest absolute Gasteiger partial charge is 0.410 e. The van der Waals surface area contributed by atoms with Crippen LogP contribution < -0.4 is 0 Å². The molecule has 1 saturated heterocycles. The van der Waals surface area contributed by atoms with Crippen LogP contribution in [-0.4, -0.2) is 43.4 Å². The van der Waals surface area contributed by atoms with Gasteiger partial charge in [-0.05, 0) is 45.4 Å². The largest absolute Gasteiger partial charge is 0.444 e. The maximum Gasteiger partial charge on any atom is 0.410 e. The zero-order valence-corrected chi connectivity index (χ0v) is 12.4. The molecule has 0 saturated carbocycles. The topological polar surface area (TPSA) is 38.8 Å². The van der Waals surface area contributed by atoms with Crippen LogP contribution >= 0.6 is 0 Å². The minimum atomic E-state index is -0.409. The van der Waals surface area contributed by atoms with E-state index in [2.05, 4.69) is 6.92 Å². The number of likely N-dealkylation sites (tertiary alicyclic amines) is 1. The lowest BCUT2D eigenvalue weighted by molar-refractivity contribution is 0.00836. The third kappa shape index (κ3) is 4.84. The summed E-state index contributed by atoms with van der Waals surface area (Å²) >= 11 is 0. The average Bonchev–Trinajstić information content (AvgIpc) is 2.25. The predicted molar refractivity (Wildman–Crippen MR) is 71.6 cm³/mol. The van der Waals surface area contributed by atoms with Gasteiger partial charge in [-0.3, -0.25) is 0 Å². The van der Waals surface area contributed by atoms with Crippen molar-refractivity contribution in [3.63, 3.8) is 0 Å². The fraction of sp³-hybridized carbons (Fsp3) is 0.929. The molecular formula is C14H27NO3. The van der Waals surface area contributed by atoms with Gasteiger partial charge < -0.3 is 14.4 Å². The van der Waals surface area contributed by atoms with Crippen molar-refractivity contribution in [3.8, 4) is 0 Å². The van der Waals surface area contributed by atoms with Gasteiger partial charge in [-0.2, -0.15) is 0 Å². The molecule has 4 heteroatoms. The quantitative estimate of drug-likeness (QED) is 0.780. The van der Waals surface area contributed by atoms with Crippen LogP contribution in [0.5, 0.6) is 0 Å². The number of rotatable bonds is 3. The predicted octanol–water partition coefficient (Wildman–Crippen LogP) is 3.06. The Morgan fingerprint density at radius 1 is 1.28 bits per heavy atom. The van der Waals surface area contributed by atoms with Gasteiger partial charge in [0.25, 0.3) is 0 Å². The third-order valence-electron chi connectivity index (χ3n) is 3.53. The Balaban J connectivity index is 2.41. The second-order valence-electron chi connectivity index (χ2n) is 6.52. The molecule has 4 nitrogen and oxygen atoms in total. The highest BCUT2D eigenvalue weighted by Crippen LogP contribution is 2.34. The summed E-state index contributed by atoms with van der Waals surface area (Å²) in [4.78, 5) is 13.7. The van der Waals surface area contributed by atoms with E-state index in [4.69, 9.17) is 9.47 Å². The second kappa shape index (κ2) is 5.91. The first-order valence-electron chi connectivity index (χ1n) is 6.73. The van der Waals surface area contributed by atoms with E-state index in [0.29, 0.717) is 5.41 Å². The normalized spacial score (nSPS) is 19.7. The van der Waals surface area contributed by atoms with Crippen molar-refractivity contribution in [1.29, 1.82) is 0 Å². The van der Waals surface area contributed by atoms with E-state index in [1.807, 2.05) is 25.7 Å². The number of amides is 1. The molecule has 18 heavy (non-hydrogen) atoms. The van der Waals surface area contributed by atoms with Gasteiger partial charge in [-0.15, -0.1) is 0 Å². The molecule has 0 aromatic carbocycles. The summed E-state index contributed by atoms with van der Waals surface area (Å²) in [5.74, 6) is 0. The average molecular weight is 257 g/mol. The van der Waals surface area contributed by atoms with Crippen LogP contribution in [0.2, 0.25) is 0 Å². The van der Waals surface area contributed by atoms with Crippen LogP contribution in [0.25, 0.3) is 0 Å². The monoisotopic (exact) mass is 257 g/mol. The van der Waals surface area contributed by atoms with Gasteiger partial charge in [0.2, 0.25) is 0 Å². The Morgan fingerprint density at radius 3 is 2.28 bits per heavy atom. The highest BCUT2D eigenvalue weighted by atomic mass is 16.6. The number of hydrogen-bond acceptors (Lipinski definition) is 3. The summed E-state index contributed by atoms with van der Waals surface area (Å²) in [5, 5.41) is 0. The molecule has 1 aliphatic rings. The van der Waals surface area contributed by atoms with Crippen molar-refractivity contribution in [2.75, 3.05) is 26.8 Å². The fourth-order valence-corrected chi connectivity index (χ4v) is 2.15. The molecule has 106 valence electrons. The molecule has 1 rings (SSSR count). The van der Waals surface area contributed by atoms with Crippen molar-refractivity contribution in [2.45, 2.75) is 52.6 Å². The van der Waals surface area contributed by atoms with Gasteiger partial charge in [-0.25, -0.2) is 4.79 Å². The van der Waals surface area contributed by atoms with Crippen LogP contribution in [0.15, 0.2) is 0 Å². The van der Waals surface area contributed by atoms with Crippen molar-refractivity contribution in [3.05, 3.63) is 0 Å². The first kappa shape index (κ1) is 15.3. The van der Waals surface area contributed by atoms with Gasteiger partial charge >= 0.3 is 6.09 Å². The van der Waals surface area contributed by atoms with Crippen molar-refractivity contribution >= 4 is 6.09 Å². The zero-order chi connectivity index (χ0) is 13.8. The van der Waals surface area contributed by atoms with Crippen LogP contribution in [0.1, 0.15) is 47.0 Å². The van der Waals surface area contributed by atoms with E-state index in [9.17, 15) is 4.79 Å². The molecular weight excluding hydrogens is 230 g/mol. The number of ether oxygens (including phenoxy) is 2. The Bertz CT molecular complexity index is 275. The van der Waals surface area contributed by atoms with E-state index in [-0.39, 0.29) is 6.09 Å². The van der Waals surface area contributed by atoms with E-state index >= 15 is 0 Å². The van der Waals surface area contributed by atoms with Gasteiger partial charge in [0.05, 0.1) is 0 Å². The molecule has 0 atom stereocenters. The first-order chi connectivity index (χ1) is 8.26. The molecule has 1 fully saturated rings. The maximum atomic E-state index is 11.9. The van der Waals surface area contributed by atoms with Gasteiger partial charge in [-0.1, -0.05) is 6.92 Å². The van der Waals surface area contributed by atoms with Gasteiger partial charge in [0, 0.05) is 26.8 Å². The lowest BCUT2D eigenvalue weighted by atomic mass is 9.78. The molecule has 1 amide bonds. The molecule has 0 aromatic rings. The number of hydrogen-bond donors (Lipinski definition) is 0. The lowest BCUT2D eigenvalue weighted by Gasteiger charge is -2.39. The van der Waals surface area contributed by atoms with Crippen molar-refractivity contribution < 1.29 is 14.3 Å². The van der Waals surface area contributed by atoms with Crippen LogP contribution in [0.3, 0.4) is 0 Å². The molecule has 0 radical (unpaired) electrons. The van der Waals surface area contributed by atoms with Crippen LogP contribution in [0, 0.1) is 5.41 Å². The maximum absolute atomic E-state index is 11.9. The minimum absolute atomic E-state index is 0.184. The highest BCUT2D eigenvalue weighted by Gasteiger charge is 2.33. The first-order valence-corrected chi connectivity index (χ1v) is 6.73. The number of carbonyl (C=O) groups excluding carboxylic acids is 1. The Kier molecular flexibility index (Phi) is 5.02. The fourth-order valence-electron chi connectivity index (χ4n) is 2.15. The van der Waals surface area contributed by atoms with E-state index in [0.717, 1.165) is 39.0 Å². The molecule has 1 heterocycles. The molecule has 0 unspecified atom stereocenters. The summed E-state index contributed by atoms with van der Waals surface area (Å²) in [5.41, 5.74) is -0.109. The lowest BCUT2D eigenvalue weighted by Crippen LogP contribution is -2.44. The van der Waals surface area contributed by atoms with Gasteiger partial charge in [0.1, 0.15) is 5.60 Å². The Labute approximate surface area is 111 Å². The van der Waals surface area contributed by atoms with E-state index in [1.165, 1.54) is 0 Å². The summed E-state index contributed by atoms with van der Waals surface area (Å²) in [6.45, 7) is 10.3. The van der Waals surface area contributed by atoms with E-state index < -0.39 is 5.60 Å². The summed E-state index contributed by atoms with van der Waals surface area (Å²) < 4.78 is 10.5. The number of piperidine rings is 1. The molecule has 0 N–H and O–H groups in total. The molecule has 0 aromatic heterocycles. The summed E-state index contributed by atoms with van der Waals surface area (Å²) in [7, 11) is 1.74. The zero-order valence-electron chi connectivity index (χ0n) is 12.4. The molecule has 1 aliphatic heterocycles. The third-order valence-corrected chi connectivity index (χ3v) is 3.53. The van der Waals surface area contributed by atoms with Crippen molar-refractivity contribution in [1.82, 2.24) is 4.90 Å². The summed E-state index contributed by atoms with van der Waals surface area (Å²) in [6, 6.07) is 0. The van der Waals surface area contributed by atoms with E-state index in [1.54, 1.807) is 7.11 Å². The van der Waals surface area contributed by atoms with Gasteiger partial charge in [0.15, 0.2) is 0 Å².